The molecule has 1 heterocycles. The minimum atomic E-state index is 0.260. The van der Waals surface area contributed by atoms with Crippen molar-refractivity contribution in [3.8, 4) is 5.75 Å². The van der Waals surface area contributed by atoms with E-state index in [1.165, 1.54) is 33.3 Å². The Bertz CT molecular complexity index is 1080. The van der Waals surface area contributed by atoms with Crippen LogP contribution in [0.15, 0.2) is 79.0 Å². The fourth-order valence-electron chi connectivity index (χ4n) is 3.90. The van der Waals surface area contributed by atoms with Crippen LogP contribution in [0, 0.1) is 0 Å². The number of aromatic amines is 1. The average molecular weight is 400 g/mol. The molecular weight excluding hydrogens is 370 g/mol. The summed E-state index contributed by atoms with van der Waals surface area (Å²) in [6.45, 7) is 1.67. The zero-order valence-electron chi connectivity index (χ0n) is 17.9. The standard InChI is InChI=1S/C26H29N3O/c1-29(2)21-12-10-20(11-13-21)24(25-18-28-26-7-5-4-6-23(25)26)17-27-16-19-8-14-22(30-3)15-9-19/h4-15,18,24,27-28H,16-17H2,1-3H3/t24-/m1/s1. The highest BCUT2D eigenvalue weighted by Gasteiger charge is 2.18. The fraction of sp³-hybridized carbons (Fsp3) is 0.231. The Morgan fingerprint density at radius 2 is 1.67 bits per heavy atom. The van der Waals surface area contributed by atoms with Crippen LogP contribution in [0.2, 0.25) is 0 Å². The third-order valence-electron chi connectivity index (χ3n) is 5.65. The van der Waals surface area contributed by atoms with Gasteiger partial charge in [0, 0.05) is 55.9 Å². The number of methoxy groups -OCH3 is 1. The van der Waals surface area contributed by atoms with Gasteiger partial charge in [0.15, 0.2) is 0 Å². The van der Waals surface area contributed by atoms with Gasteiger partial charge in [-0.15, -0.1) is 0 Å². The van der Waals surface area contributed by atoms with E-state index in [0.717, 1.165) is 18.8 Å². The Kier molecular flexibility index (Phi) is 6.05. The van der Waals surface area contributed by atoms with Crippen molar-refractivity contribution in [1.29, 1.82) is 0 Å². The molecule has 0 aliphatic rings. The first-order valence-corrected chi connectivity index (χ1v) is 10.3. The summed E-state index contributed by atoms with van der Waals surface area (Å²) in [7, 11) is 5.84. The number of H-pyrrole nitrogens is 1. The van der Waals surface area contributed by atoms with Crippen LogP contribution in [0.1, 0.15) is 22.6 Å². The summed E-state index contributed by atoms with van der Waals surface area (Å²) in [5, 5.41) is 4.95. The number of para-hydroxylation sites is 1. The van der Waals surface area contributed by atoms with Crippen molar-refractivity contribution >= 4 is 16.6 Å². The molecule has 30 heavy (non-hydrogen) atoms. The molecule has 4 nitrogen and oxygen atoms in total. The molecule has 0 bridgehead atoms. The van der Waals surface area contributed by atoms with E-state index >= 15 is 0 Å². The van der Waals surface area contributed by atoms with Crippen molar-refractivity contribution in [3.63, 3.8) is 0 Å². The Labute approximate surface area is 178 Å². The van der Waals surface area contributed by atoms with Gasteiger partial charge in [0.25, 0.3) is 0 Å². The molecule has 4 rings (SSSR count). The van der Waals surface area contributed by atoms with E-state index in [2.05, 4.69) is 96.2 Å². The molecule has 0 unspecified atom stereocenters. The molecule has 1 aromatic heterocycles. The SMILES string of the molecule is COc1ccc(CNC[C@H](c2ccc(N(C)C)cc2)c2c[nH]c3ccccc23)cc1. The van der Waals surface area contributed by atoms with Crippen LogP contribution >= 0.6 is 0 Å². The summed E-state index contributed by atoms with van der Waals surface area (Å²) in [4.78, 5) is 5.57. The van der Waals surface area contributed by atoms with Crippen molar-refractivity contribution in [3.05, 3.63) is 95.7 Å². The molecule has 0 aliphatic carbocycles. The minimum absolute atomic E-state index is 0.260. The molecule has 0 spiro atoms. The lowest BCUT2D eigenvalue weighted by atomic mass is 9.90. The third-order valence-corrected chi connectivity index (χ3v) is 5.65. The second kappa shape index (κ2) is 9.06. The number of aromatic nitrogens is 1. The summed E-state index contributed by atoms with van der Waals surface area (Å²) >= 11 is 0. The van der Waals surface area contributed by atoms with Crippen LogP contribution in [0.5, 0.6) is 5.75 Å². The largest absolute Gasteiger partial charge is 0.497 e. The maximum atomic E-state index is 5.26. The topological polar surface area (TPSA) is 40.3 Å². The Balaban J connectivity index is 1.58. The predicted octanol–water partition coefficient (Wildman–Crippen LogP) is 5.16. The van der Waals surface area contributed by atoms with Crippen LogP contribution < -0.4 is 15.0 Å². The third kappa shape index (κ3) is 4.34. The first-order chi connectivity index (χ1) is 14.7. The lowest BCUT2D eigenvalue weighted by Gasteiger charge is -2.20. The molecular formula is C26H29N3O. The first-order valence-electron chi connectivity index (χ1n) is 10.3. The molecule has 0 radical (unpaired) electrons. The van der Waals surface area contributed by atoms with E-state index in [9.17, 15) is 0 Å². The normalized spacial score (nSPS) is 12.1. The van der Waals surface area contributed by atoms with Crippen molar-refractivity contribution in [2.45, 2.75) is 12.5 Å². The summed E-state index contributed by atoms with van der Waals surface area (Å²) in [6.07, 6.45) is 2.16. The predicted molar refractivity (Wildman–Crippen MR) is 126 cm³/mol. The maximum absolute atomic E-state index is 5.26. The highest BCUT2D eigenvalue weighted by atomic mass is 16.5. The van der Waals surface area contributed by atoms with Gasteiger partial charge in [-0.3, -0.25) is 0 Å². The van der Waals surface area contributed by atoms with Gasteiger partial charge < -0.3 is 19.9 Å². The maximum Gasteiger partial charge on any atom is 0.118 e. The molecule has 0 aliphatic heterocycles. The van der Waals surface area contributed by atoms with Gasteiger partial charge in [0.2, 0.25) is 0 Å². The van der Waals surface area contributed by atoms with Crippen molar-refractivity contribution in [2.75, 3.05) is 32.6 Å². The lowest BCUT2D eigenvalue weighted by Crippen LogP contribution is -2.22. The van der Waals surface area contributed by atoms with Crippen molar-refractivity contribution in [2.24, 2.45) is 0 Å². The van der Waals surface area contributed by atoms with Crippen LogP contribution in [0.4, 0.5) is 5.69 Å². The molecule has 4 heteroatoms. The van der Waals surface area contributed by atoms with Crippen LogP contribution in [-0.4, -0.2) is 32.7 Å². The Morgan fingerprint density at radius 1 is 0.933 bits per heavy atom. The highest BCUT2D eigenvalue weighted by Crippen LogP contribution is 2.31. The number of nitrogens with one attached hydrogen (secondary N) is 2. The molecule has 0 saturated heterocycles. The van der Waals surface area contributed by atoms with E-state index < -0.39 is 0 Å². The minimum Gasteiger partial charge on any atom is -0.497 e. The van der Waals surface area contributed by atoms with E-state index in [4.69, 9.17) is 4.74 Å². The molecule has 154 valence electrons. The van der Waals surface area contributed by atoms with Crippen molar-refractivity contribution < 1.29 is 4.74 Å². The molecule has 4 aromatic rings. The Hall–Kier alpha value is -3.24. The Morgan fingerprint density at radius 3 is 2.37 bits per heavy atom. The van der Waals surface area contributed by atoms with Gasteiger partial charge in [-0.25, -0.2) is 0 Å². The van der Waals surface area contributed by atoms with E-state index in [0.29, 0.717) is 0 Å². The fourth-order valence-corrected chi connectivity index (χ4v) is 3.90. The lowest BCUT2D eigenvalue weighted by molar-refractivity contribution is 0.414. The molecule has 0 fully saturated rings. The zero-order chi connectivity index (χ0) is 20.9. The number of rotatable bonds is 8. The quantitative estimate of drug-likeness (QED) is 0.430. The molecule has 1 atom stereocenters. The van der Waals surface area contributed by atoms with Gasteiger partial charge in [0.1, 0.15) is 5.75 Å². The molecule has 0 amide bonds. The summed E-state index contributed by atoms with van der Waals surface area (Å²) < 4.78 is 5.26. The van der Waals surface area contributed by atoms with E-state index in [-0.39, 0.29) is 5.92 Å². The van der Waals surface area contributed by atoms with Crippen LogP contribution in [-0.2, 0) is 6.54 Å². The number of fused-ring (bicyclic) bond motifs is 1. The van der Waals surface area contributed by atoms with Gasteiger partial charge in [-0.2, -0.15) is 0 Å². The number of nitrogens with zero attached hydrogens (tertiary/aromatic N) is 1. The first kappa shape index (κ1) is 20.0. The second-order valence-electron chi connectivity index (χ2n) is 7.81. The number of hydrogen-bond acceptors (Lipinski definition) is 3. The van der Waals surface area contributed by atoms with Gasteiger partial charge in [-0.1, -0.05) is 42.5 Å². The number of hydrogen-bond donors (Lipinski definition) is 2. The number of anilines is 1. The molecule has 3 aromatic carbocycles. The van der Waals surface area contributed by atoms with E-state index in [1.54, 1.807) is 7.11 Å². The zero-order valence-corrected chi connectivity index (χ0v) is 17.9. The van der Waals surface area contributed by atoms with Gasteiger partial charge in [0.05, 0.1) is 7.11 Å². The van der Waals surface area contributed by atoms with Crippen molar-refractivity contribution in [1.82, 2.24) is 10.3 Å². The number of ether oxygens (including phenoxy) is 1. The van der Waals surface area contributed by atoms with E-state index in [1.807, 2.05) is 12.1 Å². The van der Waals surface area contributed by atoms with Crippen LogP contribution in [0.3, 0.4) is 0 Å². The second-order valence-corrected chi connectivity index (χ2v) is 7.81. The molecule has 0 saturated carbocycles. The number of benzene rings is 3. The average Bonchev–Trinajstić information content (AvgIpc) is 3.21. The highest BCUT2D eigenvalue weighted by molar-refractivity contribution is 5.84. The van der Waals surface area contributed by atoms with Crippen LogP contribution in [0.25, 0.3) is 10.9 Å². The summed E-state index contributed by atoms with van der Waals surface area (Å²) in [5.74, 6) is 1.15. The summed E-state index contributed by atoms with van der Waals surface area (Å²) in [5.41, 5.74) is 6.27. The van der Waals surface area contributed by atoms with Gasteiger partial charge in [-0.05, 0) is 47.0 Å². The summed E-state index contributed by atoms with van der Waals surface area (Å²) in [6, 6.07) is 25.6. The van der Waals surface area contributed by atoms with Gasteiger partial charge >= 0.3 is 0 Å². The molecule has 2 N–H and O–H groups in total. The smallest absolute Gasteiger partial charge is 0.118 e. The monoisotopic (exact) mass is 399 g/mol.